The Hall–Kier alpha value is -4.71. The smallest absolute Gasteiger partial charge is 0.255 e. The van der Waals surface area contributed by atoms with E-state index in [0.29, 0.717) is 40.3 Å². The summed E-state index contributed by atoms with van der Waals surface area (Å²) < 4.78 is 6.89. The standard InChI is InChI=1S/C26H24N6O3/c1-16-21(17(2)32-25(29-16)19(14-27)15-28-32)12-13-24(33)30-20-10-8-18(9-11-20)26(34)31-22-6-4-5-7-23(22)35-3/h4-11,15H,12-13H2,1-3H3,(H,30,33)(H,31,34). The second kappa shape index (κ2) is 10.1. The molecule has 2 heterocycles. The van der Waals surface area contributed by atoms with Crippen LogP contribution in [-0.2, 0) is 11.2 Å². The Kier molecular flexibility index (Phi) is 6.73. The molecule has 4 rings (SSSR count). The van der Waals surface area contributed by atoms with Gasteiger partial charge in [-0.25, -0.2) is 9.50 Å². The van der Waals surface area contributed by atoms with E-state index < -0.39 is 0 Å². The molecule has 2 aromatic carbocycles. The summed E-state index contributed by atoms with van der Waals surface area (Å²) in [5, 5.41) is 19.1. The van der Waals surface area contributed by atoms with E-state index in [9.17, 15) is 14.9 Å². The third-order valence-corrected chi connectivity index (χ3v) is 5.72. The number of hydrogen-bond acceptors (Lipinski definition) is 6. The highest BCUT2D eigenvalue weighted by molar-refractivity contribution is 6.05. The first-order valence-electron chi connectivity index (χ1n) is 11.0. The molecular weight excluding hydrogens is 444 g/mol. The Morgan fingerprint density at radius 3 is 2.54 bits per heavy atom. The number of anilines is 2. The molecule has 0 spiro atoms. The molecule has 0 unspecified atom stereocenters. The van der Waals surface area contributed by atoms with Crippen molar-refractivity contribution < 1.29 is 14.3 Å². The summed E-state index contributed by atoms with van der Waals surface area (Å²) in [6.07, 6.45) is 2.22. The molecule has 2 N–H and O–H groups in total. The number of nitriles is 1. The average molecular weight is 469 g/mol. The summed E-state index contributed by atoms with van der Waals surface area (Å²) in [6, 6.07) is 15.9. The van der Waals surface area contributed by atoms with Gasteiger partial charge < -0.3 is 15.4 Å². The maximum Gasteiger partial charge on any atom is 0.255 e. The highest BCUT2D eigenvalue weighted by Gasteiger charge is 2.15. The van der Waals surface area contributed by atoms with Gasteiger partial charge in [0, 0.05) is 29.1 Å². The lowest BCUT2D eigenvalue weighted by molar-refractivity contribution is -0.116. The topological polar surface area (TPSA) is 121 Å². The zero-order valence-corrected chi connectivity index (χ0v) is 19.6. The van der Waals surface area contributed by atoms with Crippen LogP contribution in [0.4, 0.5) is 11.4 Å². The number of methoxy groups -OCH3 is 1. The third kappa shape index (κ3) is 4.96. The van der Waals surface area contributed by atoms with Crippen molar-refractivity contribution in [3.63, 3.8) is 0 Å². The van der Waals surface area contributed by atoms with Gasteiger partial charge in [-0.1, -0.05) is 12.1 Å². The van der Waals surface area contributed by atoms with Crippen molar-refractivity contribution in [2.45, 2.75) is 26.7 Å². The molecule has 0 atom stereocenters. The van der Waals surface area contributed by atoms with Crippen LogP contribution >= 0.6 is 0 Å². The van der Waals surface area contributed by atoms with Crippen LogP contribution in [0.5, 0.6) is 5.75 Å². The van der Waals surface area contributed by atoms with Crippen molar-refractivity contribution in [3.05, 3.63) is 82.8 Å². The lowest BCUT2D eigenvalue weighted by Gasteiger charge is -2.12. The lowest BCUT2D eigenvalue weighted by Crippen LogP contribution is -2.15. The minimum Gasteiger partial charge on any atom is -0.495 e. The molecule has 4 aromatic rings. The molecule has 2 aromatic heterocycles. The van der Waals surface area contributed by atoms with E-state index in [1.807, 2.05) is 26.0 Å². The Morgan fingerprint density at radius 2 is 1.83 bits per heavy atom. The van der Waals surface area contributed by atoms with Gasteiger partial charge in [-0.05, 0) is 62.2 Å². The predicted molar refractivity (Wildman–Crippen MR) is 132 cm³/mol. The van der Waals surface area contributed by atoms with E-state index in [2.05, 4.69) is 26.8 Å². The van der Waals surface area contributed by atoms with Crippen LogP contribution in [0.3, 0.4) is 0 Å². The highest BCUT2D eigenvalue weighted by Crippen LogP contribution is 2.24. The van der Waals surface area contributed by atoms with Gasteiger partial charge in [0.05, 0.1) is 19.0 Å². The minimum atomic E-state index is -0.278. The van der Waals surface area contributed by atoms with E-state index in [1.165, 1.54) is 6.20 Å². The number of benzene rings is 2. The maximum absolute atomic E-state index is 12.6. The number of rotatable bonds is 7. The van der Waals surface area contributed by atoms with Gasteiger partial charge in [0.15, 0.2) is 5.65 Å². The lowest BCUT2D eigenvalue weighted by atomic mass is 10.1. The number of amides is 2. The largest absolute Gasteiger partial charge is 0.495 e. The Labute approximate surface area is 202 Å². The number of nitrogens with zero attached hydrogens (tertiary/aromatic N) is 4. The molecule has 0 fully saturated rings. The fourth-order valence-corrected chi connectivity index (χ4v) is 3.86. The van der Waals surface area contributed by atoms with Crippen molar-refractivity contribution in [3.8, 4) is 11.8 Å². The van der Waals surface area contributed by atoms with Crippen molar-refractivity contribution in [1.82, 2.24) is 14.6 Å². The van der Waals surface area contributed by atoms with Gasteiger partial charge in [-0.3, -0.25) is 9.59 Å². The molecular formula is C26H24N6O3. The third-order valence-electron chi connectivity index (χ3n) is 5.72. The number of ether oxygens (including phenoxy) is 1. The maximum atomic E-state index is 12.6. The number of hydrogen-bond donors (Lipinski definition) is 2. The molecule has 0 saturated heterocycles. The van der Waals surface area contributed by atoms with E-state index in [4.69, 9.17) is 4.74 Å². The Balaban J connectivity index is 1.38. The van der Waals surface area contributed by atoms with Crippen molar-refractivity contribution >= 4 is 28.8 Å². The molecule has 0 aliphatic carbocycles. The summed E-state index contributed by atoms with van der Waals surface area (Å²) in [7, 11) is 1.54. The van der Waals surface area contributed by atoms with Crippen molar-refractivity contribution in [2.24, 2.45) is 0 Å². The molecule has 0 radical (unpaired) electrons. The first kappa shape index (κ1) is 23.4. The van der Waals surface area contributed by atoms with Gasteiger partial charge >= 0.3 is 0 Å². The molecule has 2 amide bonds. The number of aromatic nitrogens is 3. The number of carbonyl (C=O) groups excluding carboxylic acids is 2. The number of aryl methyl sites for hydroxylation is 2. The summed E-state index contributed by atoms with van der Waals surface area (Å²) >= 11 is 0. The van der Waals surface area contributed by atoms with Crippen molar-refractivity contribution in [1.29, 1.82) is 5.26 Å². The monoisotopic (exact) mass is 468 g/mol. The molecule has 9 heteroatoms. The number of nitrogens with one attached hydrogen (secondary N) is 2. The number of para-hydroxylation sites is 2. The molecule has 35 heavy (non-hydrogen) atoms. The Morgan fingerprint density at radius 1 is 1.09 bits per heavy atom. The van der Waals surface area contributed by atoms with Crippen LogP contribution in [0.15, 0.2) is 54.7 Å². The zero-order valence-electron chi connectivity index (χ0n) is 19.6. The van der Waals surface area contributed by atoms with Crippen molar-refractivity contribution in [2.75, 3.05) is 17.7 Å². The molecule has 0 bridgehead atoms. The van der Waals surface area contributed by atoms with Crippen LogP contribution < -0.4 is 15.4 Å². The minimum absolute atomic E-state index is 0.159. The van der Waals surface area contributed by atoms with Crippen LogP contribution in [0.25, 0.3) is 5.65 Å². The fourth-order valence-electron chi connectivity index (χ4n) is 3.86. The molecule has 9 nitrogen and oxygen atoms in total. The normalized spacial score (nSPS) is 10.6. The summed E-state index contributed by atoms with van der Waals surface area (Å²) in [6.45, 7) is 3.76. The molecule has 0 aliphatic heterocycles. The number of fused-ring (bicyclic) bond motifs is 1. The van der Waals surface area contributed by atoms with Gasteiger partial charge in [-0.15, -0.1) is 0 Å². The van der Waals surface area contributed by atoms with E-state index in [1.54, 1.807) is 48.0 Å². The first-order chi connectivity index (χ1) is 16.9. The van der Waals surface area contributed by atoms with Gasteiger partial charge in [0.2, 0.25) is 5.91 Å². The van der Waals surface area contributed by atoms with Crippen LogP contribution in [0.1, 0.15) is 39.3 Å². The second-order valence-corrected chi connectivity index (χ2v) is 7.95. The first-order valence-corrected chi connectivity index (χ1v) is 11.0. The molecule has 0 saturated carbocycles. The van der Waals surface area contributed by atoms with Gasteiger partial charge in [0.25, 0.3) is 5.91 Å². The summed E-state index contributed by atoms with van der Waals surface area (Å²) in [4.78, 5) is 29.6. The highest BCUT2D eigenvalue weighted by atomic mass is 16.5. The number of carbonyl (C=O) groups is 2. The van der Waals surface area contributed by atoms with Crippen LogP contribution in [0, 0.1) is 25.2 Å². The zero-order chi connectivity index (χ0) is 24.9. The summed E-state index contributed by atoms with van der Waals surface area (Å²) in [5.74, 6) is 0.135. The predicted octanol–water partition coefficient (Wildman–Crippen LogP) is 4.05. The molecule has 0 aliphatic rings. The van der Waals surface area contributed by atoms with E-state index in [0.717, 1.165) is 17.0 Å². The van der Waals surface area contributed by atoms with E-state index >= 15 is 0 Å². The fraction of sp³-hybridized carbons (Fsp3) is 0.192. The quantitative estimate of drug-likeness (QED) is 0.422. The van der Waals surface area contributed by atoms with Crippen LogP contribution in [0.2, 0.25) is 0 Å². The summed E-state index contributed by atoms with van der Waals surface area (Å²) in [5.41, 5.74) is 5.11. The van der Waals surface area contributed by atoms with Gasteiger partial charge in [-0.2, -0.15) is 10.4 Å². The molecule has 176 valence electrons. The Bertz CT molecular complexity index is 1450. The second-order valence-electron chi connectivity index (χ2n) is 7.95. The SMILES string of the molecule is COc1ccccc1NC(=O)c1ccc(NC(=O)CCc2c(C)nc3c(C#N)cnn3c2C)cc1. The van der Waals surface area contributed by atoms with Gasteiger partial charge in [0.1, 0.15) is 17.4 Å². The average Bonchev–Trinajstić information content (AvgIpc) is 3.27. The van der Waals surface area contributed by atoms with E-state index in [-0.39, 0.29) is 18.2 Å². The van der Waals surface area contributed by atoms with Crippen LogP contribution in [-0.4, -0.2) is 33.5 Å².